The number of unbranched alkanes of at least 4 members (excludes halogenated alkanes) is 1. The van der Waals surface area contributed by atoms with E-state index in [0.717, 1.165) is 25.1 Å². The van der Waals surface area contributed by atoms with Crippen LogP contribution in [0.4, 0.5) is 17.5 Å². The molecule has 1 N–H and O–H groups in total. The van der Waals surface area contributed by atoms with Crippen molar-refractivity contribution in [2.24, 2.45) is 0 Å². The number of fused-ring (bicyclic) bond motifs is 1. The second kappa shape index (κ2) is 7.42. The molecule has 0 bridgehead atoms. The summed E-state index contributed by atoms with van der Waals surface area (Å²) in [5.74, 6) is 1.34. The Morgan fingerprint density at radius 2 is 1.84 bits per heavy atom. The Bertz CT molecular complexity index is 877. The highest BCUT2D eigenvalue weighted by atomic mass is 15.3. The number of anilines is 3. The lowest BCUT2D eigenvalue weighted by Crippen LogP contribution is -2.21. The standard InChI is InChI=1S/C19H24N6/c1-5-6-11-25(4)19-23-17-16(20-9-10-21-17)18(24-19)22-15-8-7-13(2)14(3)12-15/h7-10,12H,5-6,11H2,1-4H3,(H,21,22,23,24). The fourth-order valence-corrected chi connectivity index (χ4v) is 2.56. The molecule has 130 valence electrons. The average molecular weight is 336 g/mol. The Hall–Kier alpha value is -2.76. The van der Waals surface area contributed by atoms with Gasteiger partial charge in [0.2, 0.25) is 5.95 Å². The van der Waals surface area contributed by atoms with Gasteiger partial charge in [-0.15, -0.1) is 0 Å². The van der Waals surface area contributed by atoms with Crippen LogP contribution in [0.15, 0.2) is 30.6 Å². The summed E-state index contributed by atoms with van der Waals surface area (Å²) >= 11 is 0. The van der Waals surface area contributed by atoms with Crippen molar-refractivity contribution in [1.82, 2.24) is 19.9 Å². The first-order valence-electron chi connectivity index (χ1n) is 8.62. The van der Waals surface area contributed by atoms with E-state index < -0.39 is 0 Å². The lowest BCUT2D eigenvalue weighted by Gasteiger charge is -2.18. The number of aromatic nitrogens is 4. The van der Waals surface area contributed by atoms with Gasteiger partial charge in [0.25, 0.3) is 0 Å². The minimum Gasteiger partial charge on any atom is -0.344 e. The van der Waals surface area contributed by atoms with Crippen LogP contribution in [0.5, 0.6) is 0 Å². The predicted molar refractivity (Wildman–Crippen MR) is 103 cm³/mol. The molecule has 3 aromatic rings. The molecular formula is C19H24N6. The quantitative estimate of drug-likeness (QED) is 0.733. The Morgan fingerprint density at radius 3 is 2.60 bits per heavy atom. The fourth-order valence-electron chi connectivity index (χ4n) is 2.56. The average Bonchev–Trinajstić information content (AvgIpc) is 2.62. The van der Waals surface area contributed by atoms with Gasteiger partial charge in [0, 0.05) is 31.7 Å². The molecule has 0 fully saturated rings. The van der Waals surface area contributed by atoms with Crippen LogP contribution in [0.25, 0.3) is 11.2 Å². The fraction of sp³-hybridized carbons (Fsp3) is 0.368. The van der Waals surface area contributed by atoms with E-state index in [1.807, 2.05) is 13.1 Å². The zero-order chi connectivity index (χ0) is 17.8. The van der Waals surface area contributed by atoms with Crippen molar-refractivity contribution in [3.63, 3.8) is 0 Å². The third kappa shape index (κ3) is 3.84. The maximum atomic E-state index is 4.70. The Morgan fingerprint density at radius 1 is 1.04 bits per heavy atom. The van der Waals surface area contributed by atoms with Gasteiger partial charge < -0.3 is 10.2 Å². The van der Waals surface area contributed by atoms with E-state index in [1.165, 1.54) is 11.1 Å². The van der Waals surface area contributed by atoms with Gasteiger partial charge in [0.15, 0.2) is 17.0 Å². The molecule has 2 aromatic heterocycles. The van der Waals surface area contributed by atoms with Crippen LogP contribution in [-0.2, 0) is 0 Å². The van der Waals surface area contributed by atoms with Crippen LogP contribution in [-0.4, -0.2) is 33.5 Å². The summed E-state index contributed by atoms with van der Waals surface area (Å²) < 4.78 is 0. The molecule has 0 unspecified atom stereocenters. The largest absolute Gasteiger partial charge is 0.344 e. The van der Waals surface area contributed by atoms with E-state index in [9.17, 15) is 0 Å². The number of benzene rings is 1. The molecule has 2 heterocycles. The molecule has 0 atom stereocenters. The monoisotopic (exact) mass is 336 g/mol. The van der Waals surface area contributed by atoms with Gasteiger partial charge in [-0.1, -0.05) is 19.4 Å². The van der Waals surface area contributed by atoms with E-state index >= 15 is 0 Å². The molecule has 25 heavy (non-hydrogen) atoms. The molecular weight excluding hydrogens is 312 g/mol. The van der Waals surface area contributed by atoms with E-state index in [4.69, 9.17) is 4.98 Å². The smallest absolute Gasteiger partial charge is 0.229 e. The minimum atomic E-state index is 0.599. The molecule has 6 heteroatoms. The van der Waals surface area contributed by atoms with Gasteiger partial charge in [-0.3, -0.25) is 0 Å². The maximum absolute atomic E-state index is 4.70. The van der Waals surface area contributed by atoms with Crippen molar-refractivity contribution < 1.29 is 0 Å². The van der Waals surface area contributed by atoms with Crippen molar-refractivity contribution in [2.45, 2.75) is 33.6 Å². The summed E-state index contributed by atoms with van der Waals surface area (Å²) in [5.41, 5.74) is 4.75. The number of hydrogen-bond acceptors (Lipinski definition) is 6. The van der Waals surface area contributed by atoms with Crippen LogP contribution in [0, 0.1) is 13.8 Å². The van der Waals surface area contributed by atoms with Crippen LogP contribution in [0.3, 0.4) is 0 Å². The first-order valence-corrected chi connectivity index (χ1v) is 8.62. The number of nitrogens with one attached hydrogen (secondary N) is 1. The lowest BCUT2D eigenvalue weighted by atomic mass is 10.1. The molecule has 0 saturated carbocycles. The topological polar surface area (TPSA) is 66.8 Å². The van der Waals surface area contributed by atoms with Crippen molar-refractivity contribution in [3.05, 3.63) is 41.7 Å². The van der Waals surface area contributed by atoms with Crippen LogP contribution < -0.4 is 10.2 Å². The summed E-state index contributed by atoms with van der Waals surface area (Å²) in [6.45, 7) is 7.28. The first-order chi connectivity index (χ1) is 12.1. The van der Waals surface area contributed by atoms with E-state index in [1.54, 1.807) is 12.4 Å². The van der Waals surface area contributed by atoms with E-state index in [-0.39, 0.29) is 0 Å². The molecule has 0 aliphatic rings. The van der Waals surface area contributed by atoms with Crippen molar-refractivity contribution in [1.29, 1.82) is 0 Å². The highest BCUT2D eigenvalue weighted by Gasteiger charge is 2.13. The van der Waals surface area contributed by atoms with Gasteiger partial charge >= 0.3 is 0 Å². The summed E-state index contributed by atoms with van der Waals surface area (Å²) in [6.07, 6.45) is 5.55. The predicted octanol–water partition coefficient (Wildman–Crippen LogP) is 4.02. The first kappa shape index (κ1) is 17.1. The van der Waals surface area contributed by atoms with E-state index in [2.05, 4.69) is 58.1 Å². The molecule has 0 saturated heterocycles. The molecule has 0 radical (unpaired) electrons. The van der Waals surface area contributed by atoms with Gasteiger partial charge in [-0.2, -0.15) is 9.97 Å². The van der Waals surface area contributed by atoms with Crippen LogP contribution in [0.1, 0.15) is 30.9 Å². The van der Waals surface area contributed by atoms with Gasteiger partial charge in [-0.25, -0.2) is 9.97 Å². The molecule has 1 aromatic carbocycles. The highest BCUT2D eigenvalue weighted by molar-refractivity contribution is 5.85. The molecule has 0 aliphatic carbocycles. The third-order valence-electron chi connectivity index (χ3n) is 4.28. The summed E-state index contributed by atoms with van der Waals surface area (Å²) in [6, 6.07) is 6.26. The minimum absolute atomic E-state index is 0.599. The molecule has 6 nitrogen and oxygen atoms in total. The number of nitrogens with zero attached hydrogens (tertiary/aromatic N) is 5. The van der Waals surface area contributed by atoms with Gasteiger partial charge in [0.1, 0.15) is 0 Å². The summed E-state index contributed by atoms with van der Waals surface area (Å²) in [7, 11) is 2.01. The zero-order valence-corrected chi connectivity index (χ0v) is 15.2. The maximum Gasteiger partial charge on any atom is 0.229 e. The van der Waals surface area contributed by atoms with Crippen molar-refractivity contribution in [3.8, 4) is 0 Å². The molecule has 3 rings (SSSR count). The van der Waals surface area contributed by atoms with Crippen LogP contribution in [0.2, 0.25) is 0 Å². The van der Waals surface area contributed by atoms with Gasteiger partial charge in [-0.05, 0) is 43.5 Å². The summed E-state index contributed by atoms with van der Waals surface area (Å²) in [5, 5.41) is 3.39. The number of rotatable bonds is 6. The summed E-state index contributed by atoms with van der Waals surface area (Å²) in [4.78, 5) is 20.1. The zero-order valence-electron chi connectivity index (χ0n) is 15.2. The Balaban J connectivity index is 2.01. The molecule has 0 aliphatic heterocycles. The number of hydrogen-bond donors (Lipinski definition) is 1. The Kier molecular flexibility index (Phi) is 5.07. The second-order valence-electron chi connectivity index (χ2n) is 6.30. The SMILES string of the molecule is CCCCN(C)c1nc(Nc2ccc(C)c(C)c2)c2nccnc2n1. The molecule has 0 spiro atoms. The third-order valence-corrected chi connectivity index (χ3v) is 4.28. The number of aryl methyl sites for hydroxylation is 2. The molecule has 0 amide bonds. The Labute approximate surface area is 148 Å². The van der Waals surface area contributed by atoms with Crippen molar-refractivity contribution in [2.75, 3.05) is 23.8 Å². The van der Waals surface area contributed by atoms with Crippen LogP contribution >= 0.6 is 0 Å². The highest BCUT2D eigenvalue weighted by Crippen LogP contribution is 2.24. The van der Waals surface area contributed by atoms with Crippen molar-refractivity contribution >= 4 is 28.6 Å². The second-order valence-corrected chi connectivity index (χ2v) is 6.30. The van der Waals surface area contributed by atoms with Gasteiger partial charge in [0.05, 0.1) is 0 Å². The lowest BCUT2D eigenvalue weighted by molar-refractivity contribution is 0.751. The normalized spacial score (nSPS) is 10.9. The van der Waals surface area contributed by atoms with E-state index in [0.29, 0.717) is 22.9 Å².